The SMILES string of the molecule is C#CCOc1c(/C=C2\SC(=Nc3ccccc3)N([C@H]3CCCC[C@H]3C)C2=O)cc(Br)cc1OC. The number of ether oxygens (including phenoxy) is 2. The van der Waals surface area contributed by atoms with Crippen molar-refractivity contribution < 1.29 is 14.3 Å². The van der Waals surface area contributed by atoms with Crippen LogP contribution in [0.1, 0.15) is 38.2 Å². The van der Waals surface area contributed by atoms with Gasteiger partial charge in [0.15, 0.2) is 16.7 Å². The first-order chi connectivity index (χ1) is 16.5. The molecule has 34 heavy (non-hydrogen) atoms. The first kappa shape index (κ1) is 24.4. The van der Waals surface area contributed by atoms with E-state index >= 15 is 0 Å². The smallest absolute Gasteiger partial charge is 0.267 e. The number of carbonyl (C=O) groups is 1. The number of hydrogen-bond donors (Lipinski definition) is 0. The molecule has 1 saturated heterocycles. The fraction of sp³-hybridized carbons (Fsp3) is 0.333. The van der Waals surface area contributed by atoms with Crippen molar-refractivity contribution >= 4 is 50.5 Å². The number of hydrogen-bond acceptors (Lipinski definition) is 5. The molecule has 2 aromatic carbocycles. The Balaban J connectivity index is 1.78. The number of amidine groups is 1. The van der Waals surface area contributed by atoms with Crippen LogP contribution in [0, 0.1) is 18.3 Å². The highest BCUT2D eigenvalue weighted by molar-refractivity contribution is 9.10. The van der Waals surface area contributed by atoms with Gasteiger partial charge in [0, 0.05) is 16.1 Å². The lowest BCUT2D eigenvalue weighted by Gasteiger charge is -2.35. The van der Waals surface area contributed by atoms with E-state index in [-0.39, 0.29) is 18.6 Å². The van der Waals surface area contributed by atoms with E-state index in [1.165, 1.54) is 18.2 Å². The molecule has 2 aromatic rings. The van der Waals surface area contributed by atoms with Gasteiger partial charge in [-0.2, -0.15) is 0 Å². The predicted molar refractivity (Wildman–Crippen MR) is 142 cm³/mol. The number of aliphatic imine (C=N–C) groups is 1. The Morgan fingerprint density at radius 2 is 2.03 bits per heavy atom. The minimum Gasteiger partial charge on any atom is -0.493 e. The van der Waals surface area contributed by atoms with Crippen molar-refractivity contribution in [1.82, 2.24) is 4.90 Å². The van der Waals surface area contributed by atoms with Crippen LogP contribution in [0.5, 0.6) is 11.5 Å². The molecule has 0 unspecified atom stereocenters. The Labute approximate surface area is 213 Å². The highest BCUT2D eigenvalue weighted by Crippen LogP contribution is 2.42. The van der Waals surface area contributed by atoms with Crippen LogP contribution in [-0.4, -0.2) is 35.7 Å². The Morgan fingerprint density at radius 3 is 2.74 bits per heavy atom. The average Bonchev–Trinajstić information content (AvgIpc) is 3.13. The van der Waals surface area contributed by atoms with E-state index in [9.17, 15) is 4.79 Å². The van der Waals surface area contributed by atoms with Gasteiger partial charge in [0.1, 0.15) is 6.61 Å². The van der Waals surface area contributed by atoms with Crippen molar-refractivity contribution in [1.29, 1.82) is 0 Å². The number of halogens is 1. The van der Waals surface area contributed by atoms with Crippen LogP contribution in [0.4, 0.5) is 5.69 Å². The monoisotopic (exact) mass is 538 g/mol. The van der Waals surface area contributed by atoms with Gasteiger partial charge in [-0.3, -0.25) is 9.69 Å². The Morgan fingerprint density at radius 1 is 1.26 bits per heavy atom. The van der Waals surface area contributed by atoms with Crippen molar-refractivity contribution in [3.05, 3.63) is 57.4 Å². The molecule has 2 fully saturated rings. The minimum atomic E-state index is -0.0275. The fourth-order valence-corrected chi connectivity index (χ4v) is 5.90. The highest BCUT2D eigenvalue weighted by Gasteiger charge is 2.41. The van der Waals surface area contributed by atoms with E-state index in [1.807, 2.05) is 53.4 Å². The molecule has 0 bridgehead atoms. The zero-order valence-corrected chi connectivity index (χ0v) is 21.7. The second kappa shape index (κ2) is 11.2. The molecule has 0 spiro atoms. The number of benzene rings is 2. The molecule has 176 valence electrons. The third kappa shape index (κ3) is 5.34. The van der Waals surface area contributed by atoms with E-state index < -0.39 is 0 Å². The summed E-state index contributed by atoms with van der Waals surface area (Å²) in [5, 5.41) is 0.717. The summed E-state index contributed by atoms with van der Waals surface area (Å²) in [6, 6.07) is 13.6. The van der Waals surface area contributed by atoms with Crippen molar-refractivity contribution in [2.75, 3.05) is 13.7 Å². The quantitative estimate of drug-likeness (QED) is 0.305. The van der Waals surface area contributed by atoms with E-state index in [0.29, 0.717) is 27.5 Å². The molecular weight excluding hydrogens is 512 g/mol. The summed E-state index contributed by atoms with van der Waals surface area (Å²) in [7, 11) is 1.58. The van der Waals surface area contributed by atoms with Crippen LogP contribution in [0.15, 0.2) is 56.8 Å². The molecular formula is C27H27BrN2O3S. The van der Waals surface area contributed by atoms with Gasteiger partial charge >= 0.3 is 0 Å². The summed E-state index contributed by atoms with van der Waals surface area (Å²) in [6.07, 6.45) is 11.7. The third-order valence-corrected chi connectivity index (χ3v) is 7.51. The van der Waals surface area contributed by atoms with Gasteiger partial charge in [0.05, 0.1) is 17.7 Å². The van der Waals surface area contributed by atoms with Crippen LogP contribution >= 0.6 is 27.7 Å². The predicted octanol–water partition coefficient (Wildman–Crippen LogP) is 6.65. The molecule has 4 rings (SSSR count). The van der Waals surface area contributed by atoms with Crippen LogP contribution in [0.25, 0.3) is 6.08 Å². The summed E-state index contributed by atoms with van der Waals surface area (Å²) in [6.45, 7) is 2.33. The maximum absolute atomic E-state index is 13.8. The molecule has 7 heteroatoms. The number of rotatable bonds is 6. The van der Waals surface area contributed by atoms with Gasteiger partial charge in [-0.1, -0.05) is 59.8 Å². The summed E-state index contributed by atoms with van der Waals surface area (Å²) in [4.78, 5) is 21.1. The van der Waals surface area contributed by atoms with Crippen molar-refractivity contribution in [3.8, 4) is 23.8 Å². The van der Waals surface area contributed by atoms with Gasteiger partial charge in [-0.05, 0) is 60.9 Å². The number of para-hydroxylation sites is 1. The normalized spacial score (nSPS) is 22.8. The zero-order chi connectivity index (χ0) is 24.1. The Kier molecular flexibility index (Phi) is 8.02. The van der Waals surface area contributed by atoms with Crippen LogP contribution < -0.4 is 9.47 Å². The van der Waals surface area contributed by atoms with Crippen molar-refractivity contribution in [2.45, 2.75) is 38.6 Å². The molecule has 0 N–H and O–H groups in total. The first-order valence-corrected chi connectivity index (χ1v) is 12.9. The number of nitrogens with zero attached hydrogens (tertiary/aromatic N) is 2. The number of amides is 1. The molecule has 1 aliphatic heterocycles. The largest absolute Gasteiger partial charge is 0.493 e. The van der Waals surface area contributed by atoms with Gasteiger partial charge in [-0.25, -0.2) is 4.99 Å². The van der Waals surface area contributed by atoms with Crippen LogP contribution in [-0.2, 0) is 4.79 Å². The zero-order valence-electron chi connectivity index (χ0n) is 19.3. The molecule has 1 aliphatic carbocycles. The highest BCUT2D eigenvalue weighted by atomic mass is 79.9. The average molecular weight is 539 g/mol. The second-order valence-electron chi connectivity index (χ2n) is 8.36. The fourth-order valence-electron chi connectivity index (χ4n) is 4.41. The lowest BCUT2D eigenvalue weighted by molar-refractivity contribution is -0.124. The Bertz CT molecular complexity index is 1160. The standard InChI is InChI=1S/C27H27BrN2O3S/c1-4-14-33-25-19(15-20(28)17-23(25)32-3)16-24-26(31)30(22-13-9-8-10-18(22)2)27(34-24)29-21-11-6-5-7-12-21/h1,5-7,11-12,15-18,22H,8-10,13-14H2,2-3H3/b24-16-,29-27?/t18-,22+/m1/s1. The van der Waals surface area contributed by atoms with E-state index in [1.54, 1.807) is 7.11 Å². The Hall–Kier alpha value is -2.69. The van der Waals surface area contributed by atoms with Gasteiger partial charge in [0.25, 0.3) is 5.91 Å². The van der Waals surface area contributed by atoms with Gasteiger partial charge in [-0.15, -0.1) is 6.42 Å². The maximum atomic E-state index is 13.8. The molecule has 2 atom stereocenters. The van der Waals surface area contributed by atoms with Crippen LogP contribution in [0.2, 0.25) is 0 Å². The minimum absolute atomic E-state index is 0.0275. The van der Waals surface area contributed by atoms with Gasteiger partial charge in [0.2, 0.25) is 0 Å². The summed E-state index contributed by atoms with van der Waals surface area (Å²) < 4.78 is 12.1. The molecule has 1 heterocycles. The number of carbonyl (C=O) groups excluding carboxylic acids is 1. The van der Waals surface area contributed by atoms with Gasteiger partial charge < -0.3 is 9.47 Å². The first-order valence-electron chi connectivity index (χ1n) is 11.3. The van der Waals surface area contributed by atoms with Crippen molar-refractivity contribution in [2.24, 2.45) is 10.9 Å². The lowest BCUT2D eigenvalue weighted by Crippen LogP contribution is -2.44. The number of thioether (sulfide) groups is 1. The van der Waals surface area contributed by atoms with Crippen LogP contribution in [0.3, 0.4) is 0 Å². The number of methoxy groups -OCH3 is 1. The molecule has 5 nitrogen and oxygen atoms in total. The lowest BCUT2D eigenvalue weighted by atomic mass is 9.85. The van der Waals surface area contributed by atoms with E-state index in [0.717, 1.165) is 35.0 Å². The molecule has 0 radical (unpaired) electrons. The summed E-state index contributed by atoms with van der Waals surface area (Å²) >= 11 is 4.93. The second-order valence-corrected chi connectivity index (χ2v) is 10.3. The van der Waals surface area contributed by atoms with Crippen molar-refractivity contribution in [3.63, 3.8) is 0 Å². The molecule has 1 amide bonds. The van der Waals surface area contributed by atoms with E-state index in [2.05, 4.69) is 28.8 Å². The maximum Gasteiger partial charge on any atom is 0.267 e. The molecule has 2 aliphatic rings. The topological polar surface area (TPSA) is 51.1 Å². The summed E-state index contributed by atoms with van der Waals surface area (Å²) in [5.74, 6) is 3.93. The summed E-state index contributed by atoms with van der Waals surface area (Å²) in [5.41, 5.74) is 1.55. The van der Waals surface area contributed by atoms with E-state index in [4.69, 9.17) is 20.9 Å². The molecule has 0 aromatic heterocycles. The molecule has 1 saturated carbocycles. The number of terminal acetylenes is 1. The third-order valence-electron chi connectivity index (χ3n) is 6.07.